The van der Waals surface area contributed by atoms with Gasteiger partial charge in [-0.2, -0.15) is 0 Å². The first-order valence-corrected chi connectivity index (χ1v) is 12.3. The minimum Gasteiger partial charge on any atom is -0.444 e. The van der Waals surface area contributed by atoms with Gasteiger partial charge < -0.3 is 15.0 Å². The molecule has 1 atom stereocenters. The van der Waals surface area contributed by atoms with Crippen LogP contribution in [0.4, 0.5) is 10.5 Å². The van der Waals surface area contributed by atoms with E-state index in [1.165, 1.54) is 0 Å². The zero-order chi connectivity index (χ0) is 26.0. The summed E-state index contributed by atoms with van der Waals surface area (Å²) in [6, 6.07) is 4.05. The van der Waals surface area contributed by atoms with Crippen LogP contribution in [0.1, 0.15) is 60.7 Å². The zero-order valence-corrected chi connectivity index (χ0v) is 21.0. The number of piperidine rings is 1. The van der Waals surface area contributed by atoms with Crippen LogP contribution in [-0.4, -0.2) is 95.3 Å². The van der Waals surface area contributed by atoms with Gasteiger partial charge in [-0.05, 0) is 52.3 Å². The fourth-order valence-electron chi connectivity index (χ4n) is 4.67. The Morgan fingerprint density at radius 1 is 1.08 bits per heavy atom. The summed E-state index contributed by atoms with van der Waals surface area (Å²) in [4.78, 5) is 67.0. The number of anilines is 1. The largest absolute Gasteiger partial charge is 0.444 e. The average molecular weight is 500 g/mol. The van der Waals surface area contributed by atoms with Crippen molar-refractivity contribution < 1.29 is 28.7 Å². The Hall–Kier alpha value is -3.47. The van der Waals surface area contributed by atoms with Crippen LogP contribution in [0, 0.1) is 0 Å². The number of carbonyl (C=O) groups is 5. The second kappa shape index (κ2) is 10.3. The van der Waals surface area contributed by atoms with Crippen LogP contribution in [0.15, 0.2) is 18.2 Å². The maximum atomic E-state index is 13.2. The quantitative estimate of drug-likeness (QED) is 0.445. The van der Waals surface area contributed by atoms with Crippen molar-refractivity contribution in [2.45, 2.75) is 51.7 Å². The Kier molecular flexibility index (Phi) is 7.30. The minimum atomic E-state index is -0.984. The molecule has 3 aliphatic heterocycles. The van der Waals surface area contributed by atoms with Crippen LogP contribution in [0.5, 0.6) is 0 Å². The molecule has 0 spiro atoms. The van der Waals surface area contributed by atoms with Crippen molar-refractivity contribution in [1.82, 2.24) is 20.0 Å². The number of hydrogen-bond acceptors (Lipinski definition) is 8. The van der Waals surface area contributed by atoms with Crippen molar-refractivity contribution in [2.75, 3.05) is 44.6 Å². The number of ether oxygens (including phenoxy) is 1. The minimum absolute atomic E-state index is 0.0843. The Morgan fingerprint density at radius 3 is 2.47 bits per heavy atom. The standard InChI is InChI=1S/C25H33N5O6/c1-25(2,3)36-24(35)29-14-12-28(13-15-29)11-5-10-26-17-7-4-6-16-20(17)23(34)30(22(16)33)18-8-9-19(31)27-21(18)32/h4,6-7,18,26H,5,8-15H2,1-3H3,(H,27,31,32). The number of imide groups is 2. The summed E-state index contributed by atoms with van der Waals surface area (Å²) in [6.07, 6.45) is 0.725. The lowest BCUT2D eigenvalue weighted by Crippen LogP contribution is -2.54. The predicted molar refractivity (Wildman–Crippen MR) is 130 cm³/mol. The van der Waals surface area contributed by atoms with Gasteiger partial charge >= 0.3 is 6.09 Å². The molecule has 0 aromatic heterocycles. The van der Waals surface area contributed by atoms with Gasteiger partial charge in [-0.3, -0.25) is 34.3 Å². The van der Waals surface area contributed by atoms with E-state index in [2.05, 4.69) is 15.5 Å². The Balaban J connectivity index is 1.28. The molecule has 4 rings (SSSR count). The highest BCUT2D eigenvalue weighted by atomic mass is 16.6. The maximum absolute atomic E-state index is 13.2. The first-order valence-electron chi connectivity index (χ1n) is 12.3. The summed E-state index contributed by atoms with van der Waals surface area (Å²) in [5.41, 5.74) is 0.559. The number of amides is 5. The normalized spacial score (nSPS) is 20.9. The van der Waals surface area contributed by atoms with E-state index < -0.39 is 35.3 Å². The number of rotatable bonds is 6. The van der Waals surface area contributed by atoms with E-state index in [1.807, 2.05) is 20.8 Å². The van der Waals surface area contributed by atoms with Crippen LogP contribution < -0.4 is 10.6 Å². The van der Waals surface area contributed by atoms with Gasteiger partial charge in [0.25, 0.3) is 11.8 Å². The SMILES string of the molecule is CC(C)(C)OC(=O)N1CCN(CCCNc2cccc3c2C(=O)N(C2CCC(=O)NC2=O)C3=O)CC1. The summed E-state index contributed by atoms with van der Waals surface area (Å²) < 4.78 is 5.44. The van der Waals surface area contributed by atoms with E-state index in [0.29, 0.717) is 25.3 Å². The second-order valence-electron chi connectivity index (χ2n) is 10.3. The number of hydrogen-bond donors (Lipinski definition) is 2. The van der Waals surface area contributed by atoms with Gasteiger partial charge in [0.15, 0.2) is 0 Å². The molecule has 1 unspecified atom stereocenters. The molecule has 5 amide bonds. The van der Waals surface area contributed by atoms with Gasteiger partial charge in [-0.25, -0.2) is 4.79 Å². The molecule has 0 saturated carbocycles. The van der Waals surface area contributed by atoms with E-state index in [0.717, 1.165) is 31.0 Å². The third-order valence-electron chi connectivity index (χ3n) is 6.46. The van der Waals surface area contributed by atoms with E-state index in [-0.39, 0.29) is 30.1 Å². The van der Waals surface area contributed by atoms with Crippen LogP contribution in [-0.2, 0) is 14.3 Å². The molecular weight excluding hydrogens is 466 g/mol. The van der Waals surface area contributed by atoms with Crippen molar-refractivity contribution >= 4 is 35.4 Å². The van der Waals surface area contributed by atoms with Crippen molar-refractivity contribution in [1.29, 1.82) is 0 Å². The smallest absolute Gasteiger partial charge is 0.410 e. The fraction of sp³-hybridized carbons (Fsp3) is 0.560. The summed E-state index contributed by atoms with van der Waals surface area (Å²) in [7, 11) is 0. The monoisotopic (exact) mass is 499 g/mol. The topological polar surface area (TPSA) is 128 Å². The van der Waals surface area contributed by atoms with E-state index in [4.69, 9.17) is 4.74 Å². The molecule has 1 aromatic carbocycles. The molecule has 0 aliphatic carbocycles. The van der Waals surface area contributed by atoms with Crippen molar-refractivity contribution in [3.8, 4) is 0 Å². The third kappa shape index (κ3) is 5.51. The molecule has 2 fully saturated rings. The predicted octanol–water partition coefficient (Wildman–Crippen LogP) is 1.44. The number of carbonyl (C=O) groups excluding carboxylic acids is 5. The van der Waals surface area contributed by atoms with Crippen molar-refractivity contribution in [2.24, 2.45) is 0 Å². The van der Waals surface area contributed by atoms with Crippen LogP contribution >= 0.6 is 0 Å². The molecule has 0 radical (unpaired) electrons. The van der Waals surface area contributed by atoms with Crippen molar-refractivity contribution in [3.05, 3.63) is 29.3 Å². The van der Waals surface area contributed by atoms with Gasteiger partial charge in [-0.1, -0.05) is 6.07 Å². The Bertz CT molecular complexity index is 1070. The maximum Gasteiger partial charge on any atom is 0.410 e. The first-order chi connectivity index (χ1) is 17.0. The number of piperazine rings is 1. The molecule has 194 valence electrons. The summed E-state index contributed by atoms with van der Waals surface area (Å²) in [6.45, 7) is 9.71. The zero-order valence-electron chi connectivity index (χ0n) is 21.0. The third-order valence-corrected chi connectivity index (χ3v) is 6.46. The summed E-state index contributed by atoms with van der Waals surface area (Å²) in [5.74, 6) is -2.06. The molecule has 3 heterocycles. The second-order valence-corrected chi connectivity index (χ2v) is 10.3. The van der Waals surface area contributed by atoms with Gasteiger partial charge in [0.1, 0.15) is 11.6 Å². The molecule has 0 bridgehead atoms. The molecule has 36 heavy (non-hydrogen) atoms. The Labute approximate surface area is 210 Å². The number of nitrogens with one attached hydrogen (secondary N) is 2. The van der Waals surface area contributed by atoms with Gasteiger partial charge in [0, 0.05) is 44.8 Å². The Morgan fingerprint density at radius 2 is 1.81 bits per heavy atom. The summed E-state index contributed by atoms with van der Waals surface area (Å²) >= 11 is 0. The average Bonchev–Trinajstić information content (AvgIpc) is 3.07. The van der Waals surface area contributed by atoms with Crippen LogP contribution in [0.2, 0.25) is 0 Å². The van der Waals surface area contributed by atoms with Crippen LogP contribution in [0.3, 0.4) is 0 Å². The number of fused-ring (bicyclic) bond motifs is 1. The highest BCUT2D eigenvalue weighted by Gasteiger charge is 2.45. The lowest BCUT2D eigenvalue weighted by Gasteiger charge is -2.35. The highest BCUT2D eigenvalue weighted by molar-refractivity contribution is 6.25. The molecule has 1 aromatic rings. The molecule has 2 saturated heterocycles. The molecule has 11 nitrogen and oxygen atoms in total. The molecular formula is C25H33N5O6. The van der Waals surface area contributed by atoms with E-state index in [9.17, 15) is 24.0 Å². The lowest BCUT2D eigenvalue weighted by molar-refractivity contribution is -0.136. The van der Waals surface area contributed by atoms with E-state index >= 15 is 0 Å². The summed E-state index contributed by atoms with van der Waals surface area (Å²) in [5, 5.41) is 5.47. The van der Waals surface area contributed by atoms with Crippen LogP contribution in [0.25, 0.3) is 0 Å². The number of nitrogens with zero attached hydrogens (tertiary/aromatic N) is 3. The van der Waals surface area contributed by atoms with Gasteiger partial charge in [0.05, 0.1) is 11.1 Å². The number of benzene rings is 1. The van der Waals surface area contributed by atoms with Gasteiger partial charge in [-0.15, -0.1) is 0 Å². The molecule has 11 heteroatoms. The molecule has 2 N–H and O–H groups in total. The first kappa shape index (κ1) is 25.6. The fourth-order valence-corrected chi connectivity index (χ4v) is 4.67. The highest BCUT2D eigenvalue weighted by Crippen LogP contribution is 2.32. The van der Waals surface area contributed by atoms with Gasteiger partial charge in [0.2, 0.25) is 11.8 Å². The lowest BCUT2D eigenvalue weighted by atomic mass is 10.0. The van der Waals surface area contributed by atoms with Crippen molar-refractivity contribution in [3.63, 3.8) is 0 Å². The van der Waals surface area contributed by atoms with E-state index in [1.54, 1.807) is 23.1 Å². The molecule has 3 aliphatic rings.